The zero-order chi connectivity index (χ0) is 33.6. The number of benzene rings is 2. The van der Waals surface area contributed by atoms with E-state index in [9.17, 15) is 27.6 Å². The van der Waals surface area contributed by atoms with E-state index in [1.165, 1.54) is 35.0 Å². The first kappa shape index (κ1) is 40.3. The molecule has 1 N–H and O–H groups in total. The van der Waals surface area contributed by atoms with Crippen molar-refractivity contribution in [3.8, 4) is 5.75 Å². The van der Waals surface area contributed by atoms with Crippen molar-refractivity contribution < 1.29 is 32.3 Å². The molecular formula is C34H42Cl2F3N5O4. The van der Waals surface area contributed by atoms with Crippen LogP contribution in [0.1, 0.15) is 61.1 Å². The number of likely N-dealkylation sites (N-methyl/N-ethyl adjacent to an activating group) is 1. The van der Waals surface area contributed by atoms with Crippen LogP contribution in [-0.4, -0.2) is 67.9 Å². The number of halogens is 5. The molecule has 262 valence electrons. The predicted octanol–water partition coefficient (Wildman–Crippen LogP) is 6.56. The lowest BCUT2D eigenvalue weighted by Crippen LogP contribution is -2.47. The summed E-state index contributed by atoms with van der Waals surface area (Å²) in [5.41, 5.74) is -0.322. The van der Waals surface area contributed by atoms with Crippen molar-refractivity contribution in [3.05, 3.63) is 83.7 Å². The molecule has 1 aliphatic heterocycles. The second-order valence-electron chi connectivity index (χ2n) is 11.7. The van der Waals surface area contributed by atoms with Crippen molar-refractivity contribution in [3.63, 3.8) is 0 Å². The molecule has 3 aromatic rings. The molecule has 1 atom stereocenters. The van der Waals surface area contributed by atoms with Gasteiger partial charge in [0.2, 0.25) is 11.8 Å². The molecule has 48 heavy (non-hydrogen) atoms. The van der Waals surface area contributed by atoms with E-state index in [1.54, 1.807) is 56.4 Å². The summed E-state index contributed by atoms with van der Waals surface area (Å²) in [5.74, 6) is -0.688. The van der Waals surface area contributed by atoms with Crippen LogP contribution in [-0.2, 0) is 15.8 Å². The van der Waals surface area contributed by atoms with Crippen LogP contribution in [0.15, 0.2) is 67.0 Å². The summed E-state index contributed by atoms with van der Waals surface area (Å²) in [6, 6.07) is 13.8. The zero-order valence-electron chi connectivity index (χ0n) is 27.5. The number of amides is 3. The van der Waals surface area contributed by atoms with Gasteiger partial charge in [0.25, 0.3) is 5.91 Å². The first-order valence-electron chi connectivity index (χ1n) is 15.2. The number of anilines is 2. The van der Waals surface area contributed by atoms with E-state index in [2.05, 4.69) is 10.3 Å². The number of carbonyl (C=O) groups excluding carboxylic acids is 3. The average molecular weight is 713 g/mol. The van der Waals surface area contributed by atoms with Gasteiger partial charge < -0.3 is 24.8 Å². The third-order valence-corrected chi connectivity index (χ3v) is 8.20. The van der Waals surface area contributed by atoms with Crippen LogP contribution in [0.25, 0.3) is 0 Å². The highest BCUT2D eigenvalue weighted by molar-refractivity contribution is 6.20. The Morgan fingerprint density at radius 1 is 1.02 bits per heavy atom. The monoisotopic (exact) mass is 711 g/mol. The smallest absolute Gasteiger partial charge is 0.417 e. The van der Waals surface area contributed by atoms with Gasteiger partial charge in [0.05, 0.1) is 29.1 Å². The molecule has 1 aliphatic rings. The molecule has 0 bridgehead atoms. The van der Waals surface area contributed by atoms with Gasteiger partial charge in [-0.3, -0.25) is 19.4 Å². The Morgan fingerprint density at radius 3 is 2.33 bits per heavy atom. The fourth-order valence-corrected chi connectivity index (χ4v) is 5.56. The number of nitrogens with zero attached hydrogens (tertiary/aromatic N) is 4. The molecule has 0 fully saturated rings. The Hall–Kier alpha value is -3.87. The molecule has 0 radical (unpaired) electrons. The fraction of sp³-hybridized carbons (Fsp3) is 0.412. The predicted molar refractivity (Wildman–Crippen MR) is 184 cm³/mol. The van der Waals surface area contributed by atoms with E-state index in [4.69, 9.17) is 4.74 Å². The molecule has 1 unspecified atom stereocenters. The van der Waals surface area contributed by atoms with Gasteiger partial charge in [0.1, 0.15) is 11.2 Å². The van der Waals surface area contributed by atoms with Gasteiger partial charge in [-0.1, -0.05) is 12.1 Å². The lowest BCUT2D eigenvalue weighted by atomic mass is 9.90. The first-order valence-corrected chi connectivity index (χ1v) is 15.2. The number of nitrogens with one attached hydrogen (secondary N) is 1. The van der Waals surface area contributed by atoms with Crippen LogP contribution in [0, 0.1) is 5.41 Å². The molecule has 2 aromatic carbocycles. The number of hydrogen-bond acceptors (Lipinski definition) is 6. The van der Waals surface area contributed by atoms with E-state index in [0.29, 0.717) is 49.7 Å². The summed E-state index contributed by atoms with van der Waals surface area (Å²) in [6.45, 7) is 6.47. The lowest BCUT2D eigenvalue weighted by Gasteiger charge is -2.27. The molecule has 14 heteroatoms. The van der Waals surface area contributed by atoms with Crippen molar-refractivity contribution >= 4 is 53.9 Å². The highest BCUT2D eigenvalue weighted by atomic mass is 35.5. The number of pyridine rings is 1. The maximum absolute atomic E-state index is 13.4. The summed E-state index contributed by atoms with van der Waals surface area (Å²) in [7, 11) is 3.14. The van der Waals surface area contributed by atoms with Crippen LogP contribution in [0.4, 0.5) is 24.5 Å². The molecule has 0 aliphatic carbocycles. The van der Waals surface area contributed by atoms with Gasteiger partial charge >= 0.3 is 6.18 Å². The Labute approximate surface area is 291 Å². The van der Waals surface area contributed by atoms with Crippen molar-refractivity contribution in [1.82, 2.24) is 15.2 Å². The number of alkyl halides is 3. The van der Waals surface area contributed by atoms with Gasteiger partial charge in [0, 0.05) is 58.2 Å². The number of carbonyl (C=O) groups is 3. The highest BCUT2D eigenvalue weighted by Crippen LogP contribution is 2.40. The van der Waals surface area contributed by atoms with Gasteiger partial charge in [0.15, 0.2) is 0 Å². The molecule has 9 nitrogen and oxygen atoms in total. The SMILES string of the molecule is CCN1C(=O)C(C)(C)C(=O)N(C)c2cc(OCCCC(NCCN(C)C(=O)c3ccccc3C(F)(F)F)c3ccncc3)ccc21.Cl.Cl. The third-order valence-electron chi connectivity index (χ3n) is 8.20. The van der Waals surface area contributed by atoms with Crippen LogP contribution in [0.2, 0.25) is 0 Å². The van der Waals surface area contributed by atoms with Crippen LogP contribution in [0.3, 0.4) is 0 Å². The summed E-state index contributed by atoms with van der Waals surface area (Å²) >= 11 is 0. The van der Waals surface area contributed by atoms with Crippen LogP contribution >= 0.6 is 24.8 Å². The largest absolute Gasteiger partial charge is 0.494 e. The Balaban J connectivity index is 0.00000400. The quantitative estimate of drug-likeness (QED) is 0.169. The van der Waals surface area contributed by atoms with Gasteiger partial charge in [-0.05, 0) is 75.6 Å². The number of rotatable bonds is 12. The molecule has 0 saturated carbocycles. The standard InChI is InChI=1S/C34H40F3N5O4.2ClH/c1-6-42-28-14-13-24(22-29(28)41(5)31(44)33(2,3)32(42)45)46-21-9-12-27(23-15-17-38-18-16-23)39-19-20-40(4)30(43)25-10-7-8-11-26(25)34(35,36)37;;/h7-8,10-11,13-18,22,27,39H,6,9,12,19-21H2,1-5H3;2*1H. The molecule has 2 heterocycles. The Kier molecular flexibility index (Phi) is 14.3. The first-order chi connectivity index (χ1) is 21.8. The van der Waals surface area contributed by atoms with E-state index < -0.39 is 23.1 Å². The van der Waals surface area contributed by atoms with Crippen molar-refractivity contribution in [2.45, 2.75) is 45.8 Å². The normalized spacial score (nSPS) is 14.7. The highest BCUT2D eigenvalue weighted by Gasteiger charge is 2.45. The number of ether oxygens (including phenoxy) is 1. The lowest BCUT2D eigenvalue weighted by molar-refractivity contribution is -0.138. The average Bonchev–Trinajstić information content (AvgIpc) is 3.09. The van der Waals surface area contributed by atoms with Gasteiger partial charge in [-0.15, -0.1) is 24.8 Å². The van der Waals surface area contributed by atoms with Gasteiger partial charge in [-0.2, -0.15) is 13.2 Å². The van der Waals surface area contributed by atoms with E-state index in [0.717, 1.165) is 11.6 Å². The topological polar surface area (TPSA) is 95.1 Å². The second-order valence-corrected chi connectivity index (χ2v) is 11.7. The van der Waals surface area contributed by atoms with Crippen LogP contribution in [0.5, 0.6) is 5.75 Å². The number of aromatic nitrogens is 1. The molecule has 1 aromatic heterocycles. The van der Waals surface area contributed by atoms with E-state index >= 15 is 0 Å². The summed E-state index contributed by atoms with van der Waals surface area (Å²) in [5, 5.41) is 3.42. The molecular weight excluding hydrogens is 670 g/mol. The van der Waals surface area contributed by atoms with Gasteiger partial charge in [-0.25, -0.2) is 0 Å². The van der Waals surface area contributed by atoms with Crippen molar-refractivity contribution in [1.29, 1.82) is 0 Å². The minimum atomic E-state index is -4.63. The minimum Gasteiger partial charge on any atom is -0.494 e. The number of fused-ring (bicyclic) bond motifs is 1. The van der Waals surface area contributed by atoms with Crippen molar-refractivity contribution in [2.75, 3.05) is 50.1 Å². The molecule has 4 rings (SSSR count). The molecule has 0 spiro atoms. The summed E-state index contributed by atoms with van der Waals surface area (Å²) < 4.78 is 46.4. The molecule has 3 amide bonds. The maximum Gasteiger partial charge on any atom is 0.417 e. The Morgan fingerprint density at radius 2 is 1.69 bits per heavy atom. The van der Waals surface area contributed by atoms with Crippen LogP contribution < -0.4 is 19.9 Å². The Bertz CT molecular complexity index is 1560. The van der Waals surface area contributed by atoms with Crippen molar-refractivity contribution in [2.24, 2.45) is 5.41 Å². The zero-order valence-corrected chi connectivity index (χ0v) is 29.2. The summed E-state index contributed by atoms with van der Waals surface area (Å²) in [4.78, 5) is 47.6. The fourth-order valence-electron chi connectivity index (χ4n) is 5.56. The third kappa shape index (κ3) is 8.97. The number of hydrogen-bond donors (Lipinski definition) is 1. The maximum atomic E-state index is 13.4. The second kappa shape index (κ2) is 17.0. The van der Waals surface area contributed by atoms with E-state index in [-0.39, 0.29) is 54.8 Å². The minimum absolute atomic E-state index is 0. The van der Waals surface area contributed by atoms with E-state index in [1.807, 2.05) is 19.1 Å². The summed E-state index contributed by atoms with van der Waals surface area (Å²) in [6.07, 6.45) is 0.0461. The molecule has 0 saturated heterocycles.